The Morgan fingerprint density at radius 1 is 1.22 bits per heavy atom. The molecule has 0 aliphatic carbocycles. The molecular weight excluding hydrogens is 436 g/mol. The lowest BCUT2D eigenvalue weighted by Crippen LogP contribution is -2.63. The minimum absolute atomic E-state index is 0.0113. The highest BCUT2D eigenvalue weighted by atomic mass is 32.2. The highest BCUT2D eigenvalue weighted by Gasteiger charge is 2.49. The summed E-state index contributed by atoms with van der Waals surface area (Å²) in [5, 5.41) is 9.64. The number of ether oxygens (including phenoxy) is 2. The van der Waals surface area contributed by atoms with Crippen molar-refractivity contribution in [2.75, 3.05) is 14.2 Å². The van der Waals surface area contributed by atoms with E-state index < -0.39 is 40.9 Å². The Bertz CT molecular complexity index is 925. The number of nitrogens with zero attached hydrogens (tertiary/aromatic N) is 1. The Hall–Kier alpha value is -3.21. The van der Waals surface area contributed by atoms with Crippen LogP contribution in [0.1, 0.15) is 31.9 Å². The summed E-state index contributed by atoms with van der Waals surface area (Å²) in [7, 11) is 2.74. The van der Waals surface area contributed by atoms with Gasteiger partial charge in [0.2, 0.25) is 5.91 Å². The minimum atomic E-state index is -1.56. The number of methoxy groups -OCH3 is 2. The summed E-state index contributed by atoms with van der Waals surface area (Å²) >= 11 is 1.02. The summed E-state index contributed by atoms with van der Waals surface area (Å²) in [6.45, 7) is 3.75. The topological polar surface area (TPSA) is 126 Å². The molecule has 0 spiro atoms. The number of thioether (sulfide) groups is 1. The van der Waals surface area contributed by atoms with Crippen LogP contribution in [0.4, 0.5) is 4.79 Å². The van der Waals surface area contributed by atoms with Crippen molar-refractivity contribution in [3.05, 3.63) is 41.4 Å². The molecule has 3 atom stereocenters. The summed E-state index contributed by atoms with van der Waals surface area (Å²) in [4.78, 5) is 51.0. The van der Waals surface area contributed by atoms with Crippen molar-refractivity contribution in [1.29, 1.82) is 0 Å². The highest BCUT2D eigenvalue weighted by Crippen LogP contribution is 2.30. The van der Waals surface area contributed by atoms with Gasteiger partial charge in [-0.2, -0.15) is 0 Å². The normalized spacial score (nSPS) is 23.0. The van der Waals surface area contributed by atoms with Crippen LogP contribution in [0.15, 0.2) is 35.9 Å². The summed E-state index contributed by atoms with van der Waals surface area (Å²) in [5.74, 6) is -1.30. The number of benzene rings is 1. The lowest BCUT2D eigenvalue weighted by Gasteiger charge is -2.32. The summed E-state index contributed by atoms with van der Waals surface area (Å²) < 4.78 is 9.94. The average Bonchev–Trinajstić information content (AvgIpc) is 3.36. The van der Waals surface area contributed by atoms with Gasteiger partial charge in [-0.15, -0.1) is 0 Å². The van der Waals surface area contributed by atoms with Crippen molar-refractivity contribution in [1.82, 2.24) is 20.9 Å². The monoisotopic (exact) mass is 462 g/mol. The molecule has 1 aromatic carbocycles. The van der Waals surface area contributed by atoms with Crippen molar-refractivity contribution in [3.8, 4) is 5.75 Å². The number of amides is 4. The maximum atomic E-state index is 13.3. The summed E-state index contributed by atoms with van der Waals surface area (Å²) in [6, 6.07) is 4.02. The quantitative estimate of drug-likeness (QED) is 0.392. The van der Waals surface area contributed by atoms with Gasteiger partial charge in [-0.1, -0.05) is 37.7 Å². The van der Waals surface area contributed by atoms with E-state index in [1.807, 2.05) is 13.8 Å². The SMILES string of the molecule is COC(=O)C1(NC(=O)[C@H](CC(C)C)N2C(=O)NC(c3ccc(OC)cc3)C2=O)NC=CS1. The first-order valence-electron chi connectivity index (χ1n) is 10.0. The predicted molar refractivity (Wildman–Crippen MR) is 117 cm³/mol. The van der Waals surface area contributed by atoms with E-state index >= 15 is 0 Å². The van der Waals surface area contributed by atoms with Gasteiger partial charge in [0.1, 0.15) is 17.8 Å². The number of esters is 1. The molecule has 11 heteroatoms. The Kier molecular flexibility index (Phi) is 6.97. The van der Waals surface area contributed by atoms with Crippen molar-refractivity contribution < 1.29 is 28.7 Å². The molecule has 172 valence electrons. The maximum absolute atomic E-state index is 13.3. The van der Waals surface area contributed by atoms with E-state index in [-0.39, 0.29) is 12.3 Å². The molecule has 3 N–H and O–H groups in total. The Morgan fingerprint density at radius 3 is 2.44 bits per heavy atom. The zero-order valence-corrected chi connectivity index (χ0v) is 19.0. The molecule has 4 amide bonds. The number of hydrogen-bond acceptors (Lipinski definition) is 8. The molecule has 1 fully saturated rings. The van der Waals surface area contributed by atoms with E-state index in [1.165, 1.54) is 20.4 Å². The lowest BCUT2D eigenvalue weighted by atomic mass is 10.0. The largest absolute Gasteiger partial charge is 0.497 e. The Labute approximate surface area is 190 Å². The van der Waals surface area contributed by atoms with Gasteiger partial charge in [-0.3, -0.25) is 9.59 Å². The number of imide groups is 1. The third-order valence-corrected chi connectivity index (χ3v) is 6.11. The molecule has 2 heterocycles. The van der Waals surface area contributed by atoms with E-state index in [0.717, 1.165) is 16.7 Å². The van der Waals surface area contributed by atoms with E-state index in [9.17, 15) is 19.2 Å². The molecule has 32 heavy (non-hydrogen) atoms. The first kappa shape index (κ1) is 23.5. The van der Waals surface area contributed by atoms with Gasteiger partial charge in [-0.25, -0.2) is 14.5 Å². The molecule has 0 bridgehead atoms. The molecular formula is C21H26N4O6S. The molecule has 1 saturated heterocycles. The Morgan fingerprint density at radius 2 is 1.91 bits per heavy atom. The van der Waals surface area contributed by atoms with Gasteiger partial charge < -0.3 is 25.4 Å². The molecule has 2 aliphatic heterocycles. The van der Waals surface area contributed by atoms with Crippen molar-refractivity contribution >= 4 is 35.6 Å². The van der Waals surface area contributed by atoms with E-state index in [0.29, 0.717) is 11.3 Å². The van der Waals surface area contributed by atoms with Crippen LogP contribution in [0, 0.1) is 5.92 Å². The van der Waals surface area contributed by atoms with Crippen molar-refractivity contribution in [3.63, 3.8) is 0 Å². The zero-order chi connectivity index (χ0) is 23.5. The molecule has 2 aliphatic rings. The minimum Gasteiger partial charge on any atom is -0.497 e. The fraction of sp³-hybridized carbons (Fsp3) is 0.429. The highest BCUT2D eigenvalue weighted by molar-refractivity contribution is 8.04. The van der Waals surface area contributed by atoms with Crippen LogP contribution >= 0.6 is 11.8 Å². The van der Waals surface area contributed by atoms with E-state index in [4.69, 9.17) is 9.47 Å². The molecule has 10 nitrogen and oxygen atoms in total. The molecule has 2 unspecified atom stereocenters. The fourth-order valence-electron chi connectivity index (χ4n) is 3.53. The third kappa shape index (κ3) is 4.52. The zero-order valence-electron chi connectivity index (χ0n) is 18.2. The second-order valence-corrected chi connectivity index (χ2v) is 8.86. The summed E-state index contributed by atoms with van der Waals surface area (Å²) in [6.07, 6.45) is 1.72. The predicted octanol–water partition coefficient (Wildman–Crippen LogP) is 1.45. The molecule has 1 aromatic rings. The van der Waals surface area contributed by atoms with Crippen molar-refractivity contribution in [2.45, 2.75) is 37.3 Å². The number of carbonyl (C=O) groups is 4. The second kappa shape index (κ2) is 9.51. The Balaban J connectivity index is 1.86. The number of hydrogen-bond donors (Lipinski definition) is 3. The molecule has 3 rings (SSSR count). The van der Waals surface area contributed by atoms with Crippen LogP contribution in [0.25, 0.3) is 0 Å². The average molecular weight is 463 g/mol. The van der Waals surface area contributed by atoms with Crippen LogP contribution in [0.5, 0.6) is 5.75 Å². The van der Waals surface area contributed by atoms with Crippen LogP contribution in [-0.2, 0) is 19.1 Å². The number of rotatable bonds is 8. The number of urea groups is 1. The van der Waals surface area contributed by atoms with Crippen LogP contribution < -0.4 is 20.7 Å². The maximum Gasteiger partial charge on any atom is 0.364 e. The molecule has 0 saturated carbocycles. The smallest absolute Gasteiger partial charge is 0.364 e. The standard InChI is InChI=1S/C21H26N4O6S/c1-12(2)11-15(17(26)24-21(19(28)31-4)22-9-10-32-21)25-18(27)16(23-20(25)29)13-5-7-14(30-3)8-6-13/h5-10,12,15-16,22H,11H2,1-4H3,(H,23,29)(H,24,26)/t15-,16?,21?/m0/s1. The van der Waals surface area contributed by atoms with Gasteiger partial charge in [0.05, 0.1) is 14.2 Å². The van der Waals surface area contributed by atoms with Gasteiger partial charge in [0, 0.05) is 6.20 Å². The third-order valence-electron chi connectivity index (χ3n) is 5.10. The first-order chi connectivity index (χ1) is 15.2. The van der Waals surface area contributed by atoms with E-state index in [1.54, 1.807) is 29.7 Å². The second-order valence-electron chi connectivity index (χ2n) is 7.74. The van der Waals surface area contributed by atoms with Gasteiger partial charge in [0.25, 0.3) is 10.9 Å². The molecule has 0 radical (unpaired) electrons. The van der Waals surface area contributed by atoms with Gasteiger partial charge in [0.15, 0.2) is 0 Å². The van der Waals surface area contributed by atoms with Gasteiger partial charge in [-0.05, 0) is 35.4 Å². The number of nitrogens with one attached hydrogen (secondary N) is 3. The van der Waals surface area contributed by atoms with E-state index in [2.05, 4.69) is 16.0 Å². The first-order valence-corrected chi connectivity index (χ1v) is 10.9. The number of carbonyl (C=O) groups excluding carboxylic acids is 4. The fourth-order valence-corrected chi connectivity index (χ4v) is 4.35. The van der Waals surface area contributed by atoms with Crippen LogP contribution in [0.3, 0.4) is 0 Å². The molecule has 0 aromatic heterocycles. The van der Waals surface area contributed by atoms with Crippen LogP contribution in [-0.4, -0.2) is 54.0 Å². The summed E-state index contributed by atoms with van der Waals surface area (Å²) in [5.41, 5.74) is 0.568. The lowest BCUT2D eigenvalue weighted by molar-refractivity contribution is -0.148. The van der Waals surface area contributed by atoms with Gasteiger partial charge >= 0.3 is 12.0 Å². The van der Waals surface area contributed by atoms with Crippen LogP contribution in [0.2, 0.25) is 0 Å². The van der Waals surface area contributed by atoms with Crippen molar-refractivity contribution in [2.24, 2.45) is 5.92 Å².